The standard InChI is InChI=1S/C21H30NO3/c1-17-5-7-20(8-6-17)21-15-18(2)22(19(3)16-21)9-10-24-13-14-25-12-11-23-4/h5-8,15-16H,9-14H2,1-4H3/q+1. The van der Waals surface area contributed by atoms with Gasteiger partial charge in [-0.3, -0.25) is 0 Å². The monoisotopic (exact) mass is 344 g/mol. The molecular weight excluding hydrogens is 314 g/mol. The summed E-state index contributed by atoms with van der Waals surface area (Å²) in [5.41, 5.74) is 6.30. The van der Waals surface area contributed by atoms with Crippen LogP contribution in [-0.2, 0) is 20.8 Å². The molecule has 0 atom stereocenters. The lowest BCUT2D eigenvalue weighted by molar-refractivity contribution is -0.709. The molecule has 25 heavy (non-hydrogen) atoms. The highest BCUT2D eigenvalue weighted by atomic mass is 16.5. The third-order valence-electron chi connectivity index (χ3n) is 4.23. The SMILES string of the molecule is COCCOCCOCC[n+]1c(C)cc(-c2ccc(C)cc2)cc1C. The van der Waals surface area contributed by atoms with E-state index in [-0.39, 0.29) is 0 Å². The Morgan fingerprint density at radius 1 is 0.720 bits per heavy atom. The predicted octanol–water partition coefficient (Wildman–Crippen LogP) is 3.25. The summed E-state index contributed by atoms with van der Waals surface area (Å²) in [7, 11) is 1.67. The van der Waals surface area contributed by atoms with E-state index in [0.717, 1.165) is 6.54 Å². The number of hydrogen-bond donors (Lipinski definition) is 0. The van der Waals surface area contributed by atoms with E-state index in [1.54, 1.807) is 7.11 Å². The van der Waals surface area contributed by atoms with Crippen LogP contribution in [0, 0.1) is 20.8 Å². The van der Waals surface area contributed by atoms with Crippen molar-refractivity contribution in [1.29, 1.82) is 0 Å². The van der Waals surface area contributed by atoms with Gasteiger partial charge < -0.3 is 14.2 Å². The quantitative estimate of drug-likeness (QED) is 0.490. The molecule has 2 aromatic rings. The molecule has 136 valence electrons. The molecule has 0 aliphatic heterocycles. The van der Waals surface area contributed by atoms with E-state index in [9.17, 15) is 0 Å². The second kappa shape index (κ2) is 10.3. The number of aromatic nitrogens is 1. The number of ether oxygens (including phenoxy) is 3. The fourth-order valence-corrected chi connectivity index (χ4v) is 2.81. The van der Waals surface area contributed by atoms with Crippen molar-refractivity contribution in [3.8, 4) is 11.1 Å². The van der Waals surface area contributed by atoms with Gasteiger partial charge in [0.2, 0.25) is 0 Å². The third-order valence-corrected chi connectivity index (χ3v) is 4.23. The number of hydrogen-bond acceptors (Lipinski definition) is 3. The van der Waals surface area contributed by atoms with Crippen LogP contribution in [0.1, 0.15) is 17.0 Å². The van der Waals surface area contributed by atoms with E-state index < -0.39 is 0 Å². The molecule has 0 N–H and O–H groups in total. The molecule has 1 aromatic heterocycles. The fraction of sp³-hybridized carbons (Fsp3) is 0.476. The Labute approximate surface area is 151 Å². The van der Waals surface area contributed by atoms with Crippen LogP contribution in [0.15, 0.2) is 36.4 Å². The van der Waals surface area contributed by atoms with Crippen LogP contribution < -0.4 is 4.57 Å². The van der Waals surface area contributed by atoms with Gasteiger partial charge in [0, 0.05) is 33.1 Å². The molecule has 0 aliphatic carbocycles. The minimum atomic E-state index is 0.609. The van der Waals surface area contributed by atoms with Crippen molar-refractivity contribution in [3.05, 3.63) is 53.3 Å². The molecule has 4 nitrogen and oxygen atoms in total. The first-order valence-electron chi connectivity index (χ1n) is 8.84. The molecule has 2 rings (SSSR count). The number of benzene rings is 1. The van der Waals surface area contributed by atoms with E-state index >= 15 is 0 Å². The zero-order valence-electron chi connectivity index (χ0n) is 15.9. The summed E-state index contributed by atoms with van der Waals surface area (Å²) in [5.74, 6) is 0. The van der Waals surface area contributed by atoms with E-state index in [0.29, 0.717) is 33.0 Å². The summed E-state index contributed by atoms with van der Waals surface area (Å²) in [4.78, 5) is 0. The largest absolute Gasteiger partial charge is 0.382 e. The van der Waals surface area contributed by atoms with Gasteiger partial charge in [-0.2, -0.15) is 4.57 Å². The Balaban J connectivity index is 1.86. The van der Waals surface area contributed by atoms with Gasteiger partial charge >= 0.3 is 0 Å². The van der Waals surface area contributed by atoms with Gasteiger partial charge in [-0.15, -0.1) is 0 Å². The van der Waals surface area contributed by atoms with Crippen LogP contribution in [0.4, 0.5) is 0 Å². The van der Waals surface area contributed by atoms with E-state index in [1.165, 1.54) is 28.1 Å². The molecule has 0 saturated heterocycles. The van der Waals surface area contributed by atoms with Crippen molar-refractivity contribution < 1.29 is 18.8 Å². The molecule has 0 spiro atoms. The summed E-state index contributed by atoms with van der Waals surface area (Å²) in [6.45, 7) is 10.4. The number of rotatable bonds is 10. The van der Waals surface area contributed by atoms with Gasteiger partial charge in [0.15, 0.2) is 17.9 Å². The number of pyridine rings is 1. The average molecular weight is 344 g/mol. The summed E-state index contributed by atoms with van der Waals surface area (Å²) in [6, 6.07) is 13.2. The Hall–Kier alpha value is -1.75. The van der Waals surface area contributed by atoms with Crippen molar-refractivity contribution in [3.63, 3.8) is 0 Å². The molecule has 1 heterocycles. The van der Waals surface area contributed by atoms with Crippen molar-refractivity contribution >= 4 is 0 Å². The van der Waals surface area contributed by atoms with Gasteiger partial charge in [0.05, 0.1) is 26.4 Å². The highest BCUT2D eigenvalue weighted by molar-refractivity contribution is 5.63. The maximum Gasteiger partial charge on any atom is 0.179 e. The van der Waals surface area contributed by atoms with Crippen LogP contribution >= 0.6 is 0 Å². The van der Waals surface area contributed by atoms with Crippen LogP contribution in [0.25, 0.3) is 11.1 Å². The lowest BCUT2D eigenvalue weighted by atomic mass is 10.0. The summed E-state index contributed by atoms with van der Waals surface area (Å²) >= 11 is 0. The zero-order valence-corrected chi connectivity index (χ0v) is 15.9. The van der Waals surface area contributed by atoms with Gasteiger partial charge in [-0.25, -0.2) is 0 Å². The van der Waals surface area contributed by atoms with Crippen LogP contribution in [-0.4, -0.2) is 40.1 Å². The van der Waals surface area contributed by atoms with Gasteiger partial charge in [-0.1, -0.05) is 29.8 Å². The average Bonchev–Trinajstić information content (AvgIpc) is 2.59. The first-order valence-corrected chi connectivity index (χ1v) is 8.84. The molecule has 1 aromatic carbocycles. The van der Waals surface area contributed by atoms with Crippen molar-refractivity contribution in [1.82, 2.24) is 0 Å². The van der Waals surface area contributed by atoms with Crippen molar-refractivity contribution in [2.45, 2.75) is 27.3 Å². The van der Waals surface area contributed by atoms with Gasteiger partial charge in [-0.05, 0) is 18.1 Å². The number of nitrogens with zero attached hydrogens (tertiary/aromatic N) is 1. The zero-order chi connectivity index (χ0) is 18.1. The minimum Gasteiger partial charge on any atom is -0.382 e. The Morgan fingerprint density at radius 2 is 1.28 bits per heavy atom. The van der Waals surface area contributed by atoms with Gasteiger partial charge in [0.25, 0.3) is 0 Å². The second-order valence-corrected chi connectivity index (χ2v) is 6.26. The minimum absolute atomic E-state index is 0.609. The molecule has 0 fully saturated rings. The predicted molar refractivity (Wildman–Crippen MR) is 99.8 cm³/mol. The highest BCUT2D eigenvalue weighted by Gasteiger charge is 2.13. The fourth-order valence-electron chi connectivity index (χ4n) is 2.81. The maximum absolute atomic E-state index is 5.67. The maximum atomic E-state index is 5.67. The highest BCUT2D eigenvalue weighted by Crippen LogP contribution is 2.20. The van der Waals surface area contributed by atoms with Crippen LogP contribution in [0.3, 0.4) is 0 Å². The lowest BCUT2D eigenvalue weighted by Crippen LogP contribution is -2.42. The second-order valence-electron chi connectivity index (χ2n) is 6.26. The van der Waals surface area contributed by atoms with Crippen molar-refractivity contribution in [2.75, 3.05) is 40.1 Å². The first kappa shape index (κ1) is 19.6. The third kappa shape index (κ3) is 6.24. The molecule has 0 saturated carbocycles. The number of methoxy groups -OCH3 is 1. The Bertz CT molecular complexity index is 630. The smallest absolute Gasteiger partial charge is 0.179 e. The van der Waals surface area contributed by atoms with E-state index in [1.807, 2.05) is 0 Å². The summed E-state index contributed by atoms with van der Waals surface area (Å²) < 4.78 is 18.3. The molecule has 4 heteroatoms. The molecular formula is C21H30NO3+. The molecule has 0 radical (unpaired) electrons. The first-order chi connectivity index (χ1) is 12.1. The molecule has 0 amide bonds. The lowest BCUT2D eigenvalue weighted by Gasteiger charge is -2.09. The van der Waals surface area contributed by atoms with Crippen LogP contribution in [0.2, 0.25) is 0 Å². The van der Waals surface area contributed by atoms with Crippen LogP contribution in [0.5, 0.6) is 0 Å². The topological polar surface area (TPSA) is 31.6 Å². The normalized spacial score (nSPS) is 11.0. The van der Waals surface area contributed by atoms with Gasteiger partial charge in [0.1, 0.15) is 6.61 Å². The molecule has 0 bridgehead atoms. The Kier molecular flexibility index (Phi) is 8.06. The van der Waals surface area contributed by atoms with E-state index in [4.69, 9.17) is 14.2 Å². The summed E-state index contributed by atoms with van der Waals surface area (Å²) in [5, 5.41) is 0. The molecule has 0 unspecified atom stereocenters. The van der Waals surface area contributed by atoms with E-state index in [2.05, 4.69) is 61.7 Å². The number of aryl methyl sites for hydroxylation is 3. The molecule has 0 aliphatic rings. The summed E-state index contributed by atoms with van der Waals surface area (Å²) in [6.07, 6.45) is 0. The van der Waals surface area contributed by atoms with Crippen molar-refractivity contribution in [2.24, 2.45) is 0 Å². The Morgan fingerprint density at radius 3 is 1.88 bits per heavy atom.